The van der Waals surface area contributed by atoms with Gasteiger partial charge in [-0.05, 0) is 30.4 Å². The molecular formula is C7H9BrS. The highest BCUT2D eigenvalue weighted by atomic mass is 79.9. The molecule has 0 aliphatic rings. The van der Waals surface area contributed by atoms with E-state index >= 15 is 0 Å². The van der Waals surface area contributed by atoms with E-state index in [2.05, 4.69) is 34.3 Å². The van der Waals surface area contributed by atoms with E-state index in [0.717, 1.165) is 11.8 Å². The van der Waals surface area contributed by atoms with Gasteiger partial charge in [-0.3, -0.25) is 0 Å². The van der Waals surface area contributed by atoms with Gasteiger partial charge in [0, 0.05) is 10.2 Å². The van der Waals surface area contributed by atoms with E-state index in [-0.39, 0.29) is 0 Å². The van der Waals surface area contributed by atoms with Crippen LogP contribution in [0.25, 0.3) is 0 Å². The van der Waals surface area contributed by atoms with Crippen molar-refractivity contribution in [2.24, 2.45) is 0 Å². The van der Waals surface area contributed by atoms with E-state index in [4.69, 9.17) is 0 Å². The maximum Gasteiger partial charge on any atom is 0.00721 e. The average Bonchev–Trinajstić information content (AvgIpc) is 2.17. The molecule has 0 amide bonds. The Hall–Kier alpha value is 0.180. The third kappa shape index (κ3) is 2.11. The Labute approximate surface area is 68.0 Å². The van der Waals surface area contributed by atoms with E-state index in [1.165, 1.54) is 10.4 Å². The zero-order valence-electron chi connectivity index (χ0n) is 5.36. The molecule has 0 aliphatic carbocycles. The summed E-state index contributed by atoms with van der Waals surface area (Å²) in [4.78, 5) is 1.41. The molecule has 1 heterocycles. The van der Waals surface area contributed by atoms with Gasteiger partial charge in [-0.2, -0.15) is 0 Å². The summed E-state index contributed by atoms with van der Waals surface area (Å²) in [6.07, 6.45) is 1.16. The Balaban J connectivity index is 2.61. The molecule has 1 rings (SSSR count). The molecule has 2 heteroatoms. The highest BCUT2D eigenvalue weighted by Gasteiger charge is 1.92. The van der Waals surface area contributed by atoms with Crippen LogP contribution in [0.15, 0.2) is 11.4 Å². The van der Waals surface area contributed by atoms with Crippen molar-refractivity contribution in [3.05, 3.63) is 21.9 Å². The minimum Gasteiger partial charge on any atom is -0.149 e. The van der Waals surface area contributed by atoms with Crippen molar-refractivity contribution in [3.63, 3.8) is 0 Å². The summed E-state index contributed by atoms with van der Waals surface area (Å²) in [6.45, 7) is 2.14. The molecule has 0 nitrogen and oxygen atoms in total. The number of rotatable bonds is 2. The van der Waals surface area contributed by atoms with Crippen molar-refractivity contribution >= 4 is 27.3 Å². The average molecular weight is 205 g/mol. The van der Waals surface area contributed by atoms with Gasteiger partial charge in [0.1, 0.15) is 0 Å². The van der Waals surface area contributed by atoms with Gasteiger partial charge in [-0.15, -0.1) is 11.3 Å². The van der Waals surface area contributed by atoms with Gasteiger partial charge in [0.05, 0.1) is 0 Å². The van der Waals surface area contributed by atoms with Crippen molar-refractivity contribution in [2.45, 2.75) is 13.3 Å². The van der Waals surface area contributed by atoms with Gasteiger partial charge in [0.2, 0.25) is 0 Å². The minimum atomic E-state index is 1.07. The van der Waals surface area contributed by atoms with Crippen molar-refractivity contribution in [3.8, 4) is 0 Å². The van der Waals surface area contributed by atoms with E-state index in [1.807, 2.05) is 11.3 Å². The number of alkyl halides is 1. The lowest BCUT2D eigenvalue weighted by atomic mass is 10.2. The summed E-state index contributed by atoms with van der Waals surface area (Å²) in [6, 6.07) is 2.24. The first-order valence-corrected chi connectivity index (χ1v) is 4.93. The van der Waals surface area contributed by atoms with Crippen LogP contribution < -0.4 is 0 Å². The number of hydrogen-bond donors (Lipinski definition) is 0. The van der Waals surface area contributed by atoms with Gasteiger partial charge in [0.15, 0.2) is 0 Å². The second-order valence-corrected chi connectivity index (χ2v) is 3.91. The smallest absolute Gasteiger partial charge is 0.00721 e. The Morgan fingerprint density at radius 3 is 2.89 bits per heavy atom. The van der Waals surface area contributed by atoms with Crippen molar-refractivity contribution in [2.75, 3.05) is 5.33 Å². The molecule has 0 bridgehead atoms. The SMILES string of the molecule is Cc1cc(CCBr)cs1. The number of aryl methyl sites for hydroxylation is 2. The highest BCUT2D eigenvalue weighted by Crippen LogP contribution is 2.13. The fourth-order valence-corrected chi connectivity index (χ4v) is 1.94. The molecule has 0 saturated carbocycles. The van der Waals surface area contributed by atoms with E-state index in [1.54, 1.807) is 0 Å². The Kier molecular flexibility index (Phi) is 2.73. The summed E-state index contributed by atoms with van der Waals surface area (Å²) in [5.41, 5.74) is 1.45. The van der Waals surface area contributed by atoms with Crippen LogP contribution in [-0.4, -0.2) is 5.33 Å². The van der Waals surface area contributed by atoms with Crippen molar-refractivity contribution < 1.29 is 0 Å². The first kappa shape index (κ1) is 7.29. The van der Waals surface area contributed by atoms with Crippen LogP contribution in [-0.2, 0) is 6.42 Å². The quantitative estimate of drug-likeness (QED) is 0.651. The molecule has 0 aliphatic heterocycles. The van der Waals surface area contributed by atoms with E-state index < -0.39 is 0 Å². The molecule has 1 aromatic heterocycles. The molecule has 0 fully saturated rings. The van der Waals surface area contributed by atoms with Crippen LogP contribution in [0.2, 0.25) is 0 Å². The third-order valence-corrected chi connectivity index (χ3v) is 2.47. The van der Waals surface area contributed by atoms with Gasteiger partial charge in [-0.25, -0.2) is 0 Å². The van der Waals surface area contributed by atoms with Crippen molar-refractivity contribution in [1.29, 1.82) is 0 Å². The fourth-order valence-electron chi connectivity index (χ4n) is 0.738. The molecule has 1 aromatic rings. The van der Waals surface area contributed by atoms with Crippen LogP contribution in [0.5, 0.6) is 0 Å². The summed E-state index contributed by atoms with van der Waals surface area (Å²) < 4.78 is 0. The number of halogens is 1. The zero-order chi connectivity index (χ0) is 6.69. The van der Waals surface area contributed by atoms with Crippen LogP contribution >= 0.6 is 27.3 Å². The fraction of sp³-hybridized carbons (Fsp3) is 0.429. The maximum absolute atomic E-state index is 3.40. The summed E-state index contributed by atoms with van der Waals surface area (Å²) in [5.74, 6) is 0. The van der Waals surface area contributed by atoms with E-state index in [0.29, 0.717) is 0 Å². The standard InChI is InChI=1S/C7H9BrS/c1-6-4-7(2-3-8)5-9-6/h4-5H,2-3H2,1H3. The highest BCUT2D eigenvalue weighted by molar-refractivity contribution is 9.09. The first-order valence-electron chi connectivity index (χ1n) is 2.93. The van der Waals surface area contributed by atoms with Crippen LogP contribution in [0.4, 0.5) is 0 Å². The zero-order valence-corrected chi connectivity index (χ0v) is 7.76. The Morgan fingerprint density at radius 2 is 2.44 bits per heavy atom. The predicted octanol–water partition coefficient (Wildman–Crippen LogP) is 2.99. The molecule has 0 spiro atoms. The van der Waals surface area contributed by atoms with Gasteiger partial charge in [-0.1, -0.05) is 15.9 Å². The van der Waals surface area contributed by atoms with E-state index in [9.17, 15) is 0 Å². The second-order valence-electron chi connectivity index (χ2n) is 2.00. The monoisotopic (exact) mass is 204 g/mol. The molecule has 0 saturated heterocycles. The summed E-state index contributed by atoms with van der Waals surface area (Å²) >= 11 is 5.22. The number of hydrogen-bond acceptors (Lipinski definition) is 1. The molecule has 0 radical (unpaired) electrons. The lowest BCUT2D eigenvalue weighted by Gasteiger charge is -1.85. The minimum absolute atomic E-state index is 1.07. The van der Waals surface area contributed by atoms with Gasteiger partial charge < -0.3 is 0 Å². The van der Waals surface area contributed by atoms with Gasteiger partial charge >= 0.3 is 0 Å². The molecule has 0 unspecified atom stereocenters. The molecule has 0 aromatic carbocycles. The molecular weight excluding hydrogens is 196 g/mol. The largest absolute Gasteiger partial charge is 0.149 e. The predicted molar refractivity (Wildman–Crippen MR) is 46.6 cm³/mol. The molecule has 0 atom stereocenters. The third-order valence-electron chi connectivity index (χ3n) is 1.17. The van der Waals surface area contributed by atoms with Crippen LogP contribution in [0, 0.1) is 6.92 Å². The van der Waals surface area contributed by atoms with Crippen molar-refractivity contribution in [1.82, 2.24) is 0 Å². The number of thiophene rings is 1. The Morgan fingerprint density at radius 1 is 1.67 bits per heavy atom. The van der Waals surface area contributed by atoms with Crippen LogP contribution in [0.1, 0.15) is 10.4 Å². The van der Waals surface area contributed by atoms with Crippen LogP contribution in [0.3, 0.4) is 0 Å². The topological polar surface area (TPSA) is 0 Å². The summed E-state index contributed by atoms with van der Waals surface area (Å²) in [7, 11) is 0. The summed E-state index contributed by atoms with van der Waals surface area (Å²) in [5, 5.41) is 3.29. The first-order chi connectivity index (χ1) is 4.33. The lowest BCUT2D eigenvalue weighted by molar-refractivity contribution is 1.18. The Bertz CT molecular complexity index is 181. The molecule has 50 valence electrons. The lowest BCUT2D eigenvalue weighted by Crippen LogP contribution is -1.78. The normalized spacial score (nSPS) is 10.0. The molecule has 0 N–H and O–H groups in total. The molecule has 9 heavy (non-hydrogen) atoms. The second kappa shape index (κ2) is 3.37. The maximum atomic E-state index is 3.40. The van der Waals surface area contributed by atoms with Gasteiger partial charge in [0.25, 0.3) is 0 Å².